The summed E-state index contributed by atoms with van der Waals surface area (Å²) in [6, 6.07) is 16.1. The molecule has 0 atom stereocenters. The summed E-state index contributed by atoms with van der Waals surface area (Å²) in [5.74, 6) is 1.67. The van der Waals surface area contributed by atoms with Crippen molar-refractivity contribution >= 4 is 39.1 Å². The zero-order chi connectivity index (χ0) is 22.8. The molecule has 0 unspecified atom stereocenters. The first kappa shape index (κ1) is 21.7. The van der Waals surface area contributed by atoms with E-state index in [1.54, 1.807) is 16.7 Å². The number of fused-ring (bicyclic) bond motifs is 3. The molecule has 0 fully saturated rings. The van der Waals surface area contributed by atoms with Crippen molar-refractivity contribution in [3.8, 4) is 5.75 Å². The third kappa shape index (κ3) is 4.38. The maximum atomic E-state index is 13.3. The van der Waals surface area contributed by atoms with Crippen LogP contribution in [-0.2, 0) is 12.3 Å². The lowest BCUT2D eigenvalue weighted by molar-refractivity contribution is 0.317. The maximum absolute atomic E-state index is 13.3. The lowest BCUT2D eigenvalue weighted by Gasteiger charge is -2.10. The van der Waals surface area contributed by atoms with E-state index in [4.69, 9.17) is 4.74 Å². The summed E-state index contributed by atoms with van der Waals surface area (Å²) in [5.41, 5.74) is 2.67. The first-order valence-electron chi connectivity index (χ1n) is 10.6. The maximum Gasteiger partial charge on any atom is 0.273 e. The second-order valence-electron chi connectivity index (χ2n) is 7.55. The fraction of sp³-hybridized carbons (Fsp3) is 0.208. The highest BCUT2D eigenvalue weighted by Gasteiger charge is 2.18. The van der Waals surface area contributed by atoms with Gasteiger partial charge in [-0.2, -0.15) is 0 Å². The predicted molar refractivity (Wildman–Crippen MR) is 130 cm³/mol. The third-order valence-corrected chi connectivity index (χ3v) is 7.09. The topological polar surface area (TPSA) is 61.4 Å². The normalized spacial score (nSPS) is 11.5. The standard InChI is InChI=1S/C24H21FN4O2S2/c1-2-12-31-19-9-5-16(6-10-19)14-28-22(30)21-20(11-13-32-21)29-23(28)26-27-24(29)33-15-17-3-7-18(25)8-4-17/h3-11,13H,2,12,14-15H2,1H3. The average molecular weight is 481 g/mol. The summed E-state index contributed by atoms with van der Waals surface area (Å²) in [6.45, 7) is 3.12. The van der Waals surface area contributed by atoms with Gasteiger partial charge in [0.25, 0.3) is 5.56 Å². The molecule has 0 aliphatic rings. The number of ether oxygens (including phenoxy) is 1. The SMILES string of the molecule is CCCOc1ccc(Cn2c(=O)c3sccc3n3c(SCc4ccc(F)cc4)nnc23)cc1. The summed E-state index contributed by atoms with van der Waals surface area (Å²) in [5, 5.41) is 11.3. The van der Waals surface area contributed by atoms with E-state index in [9.17, 15) is 9.18 Å². The van der Waals surface area contributed by atoms with Gasteiger partial charge >= 0.3 is 0 Å². The van der Waals surface area contributed by atoms with Crippen LogP contribution in [0, 0.1) is 5.82 Å². The van der Waals surface area contributed by atoms with Crippen LogP contribution >= 0.6 is 23.1 Å². The first-order valence-corrected chi connectivity index (χ1v) is 12.4. The van der Waals surface area contributed by atoms with Crippen molar-refractivity contribution in [1.29, 1.82) is 0 Å². The minimum atomic E-state index is -0.259. The summed E-state index contributed by atoms with van der Waals surface area (Å²) < 4.78 is 23.1. The van der Waals surface area contributed by atoms with Crippen molar-refractivity contribution in [3.05, 3.63) is 87.3 Å². The fourth-order valence-corrected chi connectivity index (χ4v) is 5.28. The van der Waals surface area contributed by atoms with Crippen LogP contribution in [0.4, 0.5) is 4.39 Å². The van der Waals surface area contributed by atoms with Crippen LogP contribution in [0.2, 0.25) is 0 Å². The Labute approximate surface area is 197 Å². The molecule has 0 radical (unpaired) electrons. The van der Waals surface area contributed by atoms with Crippen molar-refractivity contribution in [2.75, 3.05) is 6.61 Å². The Morgan fingerprint density at radius 1 is 1.03 bits per heavy atom. The molecular formula is C24H21FN4O2S2. The lowest BCUT2D eigenvalue weighted by Crippen LogP contribution is -2.23. The molecule has 3 aromatic heterocycles. The number of nitrogens with zero attached hydrogens (tertiary/aromatic N) is 4. The van der Waals surface area contributed by atoms with Crippen LogP contribution in [0.1, 0.15) is 24.5 Å². The van der Waals surface area contributed by atoms with E-state index in [0.29, 0.717) is 34.5 Å². The Bertz CT molecular complexity index is 1460. The largest absolute Gasteiger partial charge is 0.494 e. The highest BCUT2D eigenvalue weighted by atomic mass is 32.2. The number of rotatable bonds is 8. The number of halogens is 1. The van der Waals surface area contributed by atoms with E-state index in [2.05, 4.69) is 17.1 Å². The summed E-state index contributed by atoms with van der Waals surface area (Å²) >= 11 is 2.92. The summed E-state index contributed by atoms with van der Waals surface area (Å²) in [7, 11) is 0. The van der Waals surface area contributed by atoms with Gasteiger partial charge in [-0.25, -0.2) is 4.39 Å². The molecule has 5 rings (SSSR count). The highest BCUT2D eigenvalue weighted by Crippen LogP contribution is 2.27. The quantitative estimate of drug-likeness (QED) is 0.279. The molecule has 6 nitrogen and oxygen atoms in total. The van der Waals surface area contributed by atoms with Gasteiger partial charge in [0.15, 0.2) is 5.16 Å². The first-order chi connectivity index (χ1) is 16.1. The molecule has 0 amide bonds. The molecular weight excluding hydrogens is 459 g/mol. The van der Waals surface area contributed by atoms with Crippen molar-refractivity contribution in [3.63, 3.8) is 0 Å². The highest BCUT2D eigenvalue weighted by molar-refractivity contribution is 7.98. The number of thiophene rings is 1. The monoisotopic (exact) mass is 480 g/mol. The van der Waals surface area contributed by atoms with E-state index in [1.807, 2.05) is 40.1 Å². The van der Waals surface area contributed by atoms with Gasteiger partial charge in [-0.05, 0) is 53.3 Å². The van der Waals surface area contributed by atoms with Gasteiger partial charge in [0.1, 0.15) is 16.3 Å². The number of hydrogen-bond donors (Lipinski definition) is 0. The van der Waals surface area contributed by atoms with E-state index in [-0.39, 0.29) is 11.4 Å². The molecule has 168 valence electrons. The third-order valence-electron chi connectivity index (χ3n) is 5.20. The van der Waals surface area contributed by atoms with Gasteiger partial charge in [0.05, 0.1) is 18.7 Å². The Balaban J connectivity index is 1.50. The summed E-state index contributed by atoms with van der Waals surface area (Å²) in [6.07, 6.45) is 0.949. The lowest BCUT2D eigenvalue weighted by atomic mass is 10.2. The van der Waals surface area contributed by atoms with E-state index in [0.717, 1.165) is 28.8 Å². The molecule has 2 aromatic carbocycles. The van der Waals surface area contributed by atoms with Crippen molar-refractivity contribution in [1.82, 2.24) is 19.2 Å². The van der Waals surface area contributed by atoms with E-state index in [1.165, 1.54) is 35.2 Å². The predicted octanol–water partition coefficient (Wildman–Crippen LogP) is 5.37. The van der Waals surface area contributed by atoms with Gasteiger partial charge in [-0.1, -0.05) is 43.0 Å². The van der Waals surface area contributed by atoms with Crippen LogP contribution in [0.25, 0.3) is 16.0 Å². The molecule has 0 aliphatic carbocycles. The summed E-state index contributed by atoms with van der Waals surface area (Å²) in [4.78, 5) is 13.3. The van der Waals surface area contributed by atoms with Crippen molar-refractivity contribution in [2.24, 2.45) is 0 Å². The van der Waals surface area contributed by atoms with Crippen LogP contribution in [0.3, 0.4) is 0 Å². The minimum Gasteiger partial charge on any atom is -0.494 e. The zero-order valence-electron chi connectivity index (χ0n) is 17.9. The Morgan fingerprint density at radius 3 is 2.55 bits per heavy atom. The van der Waals surface area contributed by atoms with Gasteiger partial charge in [-0.15, -0.1) is 21.5 Å². The fourth-order valence-electron chi connectivity index (χ4n) is 3.56. The Morgan fingerprint density at radius 2 is 1.79 bits per heavy atom. The van der Waals surface area contributed by atoms with Gasteiger partial charge in [0, 0.05) is 5.75 Å². The zero-order valence-corrected chi connectivity index (χ0v) is 19.5. The second kappa shape index (κ2) is 9.36. The Hall–Kier alpha value is -3.17. The van der Waals surface area contributed by atoms with Gasteiger partial charge in [-0.3, -0.25) is 13.8 Å². The molecule has 9 heteroatoms. The average Bonchev–Trinajstić information content (AvgIpc) is 3.48. The van der Waals surface area contributed by atoms with E-state index < -0.39 is 0 Å². The molecule has 0 saturated carbocycles. The van der Waals surface area contributed by atoms with Crippen LogP contribution in [0.15, 0.2) is 69.9 Å². The molecule has 33 heavy (non-hydrogen) atoms. The van der Waals surface area contributed by atoms with Crippen molar-refractivity contribution in [2.45, 2.75) is 30.8 Å². The molecule has 5 aromatic rings. The number of aromatic nitrogens is 4. The number of hydrogen-bond acceptors (Lipinski definition) is 6. The molecule has 0 aliphatic heterocycles. The molecule has 0 bridgehead atoms. The number of benzene rings is 2. The van der Waals surface area contributed by atoms with E-state index >= 15 is 0 Å². The number of thioether (sulfide) groups is 1. The van der Waals surface area contributed by atoms with Crippen LogP contribution in [0.5, 0.6) is 5.75 Å². The Kier molecular flexibility index (Phi) is 6.15. The second-order valence-corrected chi connectivity index (χ2v) is 9.41. The van der Waals surface area contributed by atoms with Gasteiger partial charge < -0.3 is 4.74 Å². The molecule has 3 heterocycles. The smallest absolute Gasteiger partial charge is 0.273 e. The van der Waals surface area contributed by atoms with Crippen LogP contribution in [-0.4, -0.2) is 25.8 Å². The molecule has 0 saturated heterocycles. The minimum absolute atomic E-state index is 0.0821. The van der Waals surface area contributed by atoms with Crippen LogP contribution < -0.4 is 10.3 Å². The molecule has 0 spiro atoms. The van der Waals surface area contributed by atoms with Crippen molar-refractivity contribution < 1.29 is 9.13 Å². The molecule has 0 N–H and O–H groups in total. The van der Waals surface area contributed by atoms with Gasteiger partial charge in [0.2, 0.25) is 5.78 Å².